The number of ketones is 1. The first-order valence-electron chi connectivity index (χ1n) is 7.91. The zero-order chi connectivity index (χ0) is 14.0. The summed E-state index contributed by atoms with van der Waals surface area (Å²) in [5.41, 5.74) is -0.0837. The summed E-state index contributed by atoms with van der Waals surface area (Å²) < 4.78 is 0. The molecule has 1 saturated heterocycles. The Kier molecular flexibility index (Phi) is 4.67. The third kappa shape index (κ3) is 3.38. The van der Waals surface area contributed by atoms with E-state index >= 15 is 0 Å². The highest BCUT2D eigenvalue weighted by Gasteiger charge is 2.38. The van der Waals surface area contributed by atoms with E-state index in [0.717, 1.165) is 39.0 Å². The molecule has 1 heterocycles. The monoisotopic (exact) mass is 266 g/mol. The number of nitrogens with zero attached hydrogens (tertiary/aromatic N) is 2. The lowest BCUT2D eigenvalue weighted by atomic mass is 9.71. The molecule has 0 aromatic rings. The van der Waals surface area contributed by atoms with Gasteiger partial charge in [0.2, 0.25) is 0 Å². The zero-order valence-corrected chi connectivity index (χ0v) is 13.1. The van der Waals surface area contributed by atoms with Gasteiger partial charge in [-0.15, -0.1) is 0 Å². The summed E-state index contributed by atoms with van der Waals surface area (Å²) >= 11 is 0. The average Bonchev–Trinajstić information content (AvgIpc) is 2.37. The minimum atomic E-state index is -0.0837. The van der Waals surface area contributed by atoms with Crippen molar-refractivity contribution in [1.29, 1.82) is 0 Å². The first-order chi connectivity index (χ1) is 8.94. The molecule has 1 saturated carbocycles. The summed E-state index contributed by atoms with van der Waals surface area (Å²) in [5, 5.41) is 0. The minimum absolute atomic E-state index is 0.0837. The molecule has 3 nitrogen and oxygen atoms in total. The lowest BCUT2D eigenvalue weighted by Gasteiger charge is -2.42. The zero-order valence-electron chi connectivity index (χ0n) is 13.1. The maximum Gasteiger partial charge on any atom is 0.142 e. The summed E-state index contributed by atoms with van der Waals surface area (Å²) in [4.78, 5) is 17.5. The summed E-state index contributed by atoms with van der Waals surface area (Å²) in [6.07, 6.45) is 4.60. The molecule has 0 radical (unpaired) electrons. The first kappa shape index (κ1) is 15.0. The van der Waals surface area contributed by atoms with Gasteiger partial charge in [-0.1, -0.05) is 27.2 Å². The maximum absolute atomic E-state index is 12.5. The van der Waals surface area contributed by atoms with Crippen molar-refractivity contribution in [3.8, 4) is 0 Å². The lowest BCUT2D eigenvalue weighted by molar-refractivity contribution is -0.135. The second-order valence-corrected chi connectivity index (χ2v) is 7.14. The highest BCUT2D eigenvalue weighted by Crippen LogP contribution is 2.35. The van der Waals surface area contributed by atoms with Gasteiger partial charge < -0.3 is 4.90 Å². The van der Waals surface area contributed by atoms with Crippen LogP contribution in [0.2, 0.25) is 0 Å². The van der Waals surface area contributed by atoms with Crippen molar-refractivity contribution in [3.63, 3.8) is 0 Å². The second-order valence-electron chi connectivity index (χ2n) is 7.14. The number of piperazine rings is 1. The van der Waals surface area contributed by atoms with E-state index < -0.39 is 0 Å². The molecule has 0 amide bonds. The normalized spacial score (nSPS) is 33.6. The van der Waals surface area contributed by atoms with Crippen LogP contribution < -0.4 is 0 Å². The molecule has 0 bridgehead atoms. The van der Waals surface area contributed by atoms with Gasteiger partial charge in [-0.25, -0.2) is 0 Å². The fourth-order valence-corrected chi connectivity index (χ4v) is 3.70. The predicted octanol–water partition coefficient (Wildman–Crippen LogP) is 2.41. The molecule has 2 rings (SSSR count). The number of Topliss-reactive ketones (excluding diaryl/α,β-unsaturated/α-hetero) is 1. The number of hydrogen-bond donors (Lipinski definition) is 0. The van der Waals surface area contributed by atoms with Crippen LogP contribution in [-0.2, 0) is 4.79 Å². The van der Waals surface area contributed by atoms with E-state index in [1.165, 1.54) is 12.8 Å². The molecule has 1 aliphatic heterocycles. The quantitative estimate of drug-likeness (QED) is 0.784. The van der Waals surface area contributed by atoms with Gasteiger partial charge in [0, 0.05) is 43.6 Å². The van der Waals surface area contributed by atoms with Crippen molar-refractivity contribution >= 4 is 5.78 Å². The minimum Gasteiger partial charge on any atom is -0.301 e. The molecule has 0 N–H and O–H groups in total. The van der Waals surface area contributed by atoms with Crippen LogP contribution in [0.5, 0.6) is 0 Å². The van der Waals surface area contributed by atoms with E-state index in [4.69, 9.17) is 0 Å². The fourth-order valence-electron chi connectivity index (χ4n) is 3.70. The SMILES string of the molecule is CCC1CN(CC2CCCC(C)(C)C2=O)CCN1C. The third-order valence-electron chi connectivity index (χ3n) is 5.20. The predicted molar refractivity (Wildman–Crippen MR) is 79.3 cm³/mol. The smallest absolute Gasteiger partial charge is 0.142 e. The summed E-state index contributed by atoms with van der Waals surface area (Å²) in [6, 6.07) is 0.667. The molecule has 2 aliphatic rings. The molecule has 2 fully saturated rings. The van der Waals surface area contributed by atoms with Gasteiger partial charge in [0.25, 0.3) is 0 Å². The van der Waals surface area contributed by atoms with Crippen LogP contribution in [0.3, 0.4) is 0 Å². The van der Waals surface area contributed by atoms with Crippen molar-refractivity contribution in [1.82, 2.24) is 9.80 Å². The molecular weight excluding hydrogens is 236 g/mol. The third-order valence-corrected chi connectivity index (χ3v) is 5.20. The van der Waals surface area contributed by atoms with Gasteiger partial charge in [-0.2, -0.15) is 0 Å². The van der Waals surface area contributed by atoms with E-state index in [9.17, 15) is 4.79 Å². The van der Waals surface area contributed by atoms with Crippen molar-refractivity contribution < 1.29 is 4.79 Å². The fraction of sp³-hybridized carbons (Fsp3) is 0.938. The highest BCUT2D eigenvalue weighted by molar-refractivity contribution is 5.87. The highest BCUT2D eigenvalue weighted by atomic mass is 16.1. The van der Waals surface area contributed by atoms with E-state index in [1.54, 1.807) is 0 Å². The summed E-state index contributed by atoms with van der Waals surface area (Å²) in [6.45, 7) is 10.9. The Hall–Kier alpha value is -0.410. The van der Waals surface area contributed by atoms with E-state index in [2.05, 4.69) is 37.6 Å². The first-order valence-corrected chi connectivity index (χ1v) is 7.91. The van der Waals surface area contributed by atoms with E-state index in [-0.39, 0.29) is 11.3 Å². The molecule has 0 spiro atoms. The van der Waals surface area contributed by atoms with Gasteiger partial charge in [0.15, 0.2) is 0 Å². The second kappa shape index (κ2) is 5.92. The number of rotatable bonds is 3. The summed E-state index contributed by atoms with van der Waals surface area (Å²) in [5.74, 6) is 0.787. The maximum atomic E-state index is 12.5. The van der Waals surface area contributed by atoms with Crippen molar-refractivity contribution in [2.75, 3.05) is 33.2 Å². The van der Waals surface area contributed by atoms with Crippen LogP contribution in [0.25, 0.3) is 0 Å². The molecule has 1 aliphatic carbocycles. The molecular formula is C16H30N2O. The average molecular weight is 266 g/mol. The Morgan fingerprint density at radius 1 is 1.32 bits per heavy atom. The van der Waals surface area contributed by atoms with Crippen LogP contribution in [-0.4, -0.2) is 54.9 Å². The molecule has 19 heavy (non-hydrogen) atoms. The lowest BCUT2D eigenvalue weighted by Crippen LogP contribution is -2.53. The molecule has 2 unspecified atom stereocenters. The summed E-state index contributed by atoms with van der Waals surface area (Å²) in [7, 11) is 2.22. The van der Waals surface area contributed by atoms with E-state index in [1.807, 2.05) is 0 Å². The topological polar surface area (TPSA) is 23.6 Å². The van der Waals surface area contributed by atoms with Gasteiger partial charge in [0.1, 0.15) is 5.78 Å². The van der Waals surface area contributed by atoms with Crippen molar-refractivity contribution in [2.45, 2.75) is 52.5 Å². The number of carbonyl (C=O) groups is 1. The van der Waals surface area contributed by atoms with Crippen LogP contribution in [0.4, 0.5) is 0 Å². The van der Waals surface area contributed by atoms with Gasteiger partial charge in [0.05, 0.1) is 0 Å². The van der Waals surface area contributed by atoms with E-state index in [0.29, 0.717) is 11.8 Å². The number of likely N-dealkylation sites (N-methyl/N-ethyl adjacent to an activating group) is 1. The van der Waals surface area contributed by atoms with Gasteiger partial charge in [-0.05, 0) is 26.3 Å². The number of carbonyl (C=O) groups excluding carboxylic acids is 1. The van der Waals surface area contributed by atoms with Crippen molar-refractivity contribution in [3.05, 3.63) is 0 Å². The molecule has 0 aromatic carbocycles. The Morgan fingerprint density at radius 3 is 2.74 bits per heavy atom. The molecule has 3 heteroatoms. The molecule has 2 atom stereocenters. The van der Waals surface area contributed by atoms with Crippen LogP contribution in [0.15, 0.2) is 0 Å². The molecule has 0 aromatic heterocycles. The Balaban J connectivity index is 1.92. The number of hydrogen-bond acceptors (Lipinski definition) is 3. The van der Waals surface area contributed by atoms with Gasteiger partial charge >= 0.3 is 0 Å². The Labute approximate surface area is 118 Å². The standard InChI is InChI=1S/C16H30N2O/c1-5-14-12-18(10-9-17(14)4)11-13-7-6-8-16(2,3)15(13)19/h13-14H,5-12H2,1-4H3. The Bertz CT molecular complexity index is 327. The van der Waals surface area contributed by atoms with Crippen LogP contribution in [0.1, 0.15) is 46.5 Å². The van der Waals surface area contributed by atoms with Crippen LogP contribution in [0, 0.1) is 11.3 Å². The van der Waals surface area contributed by atoms with Crippen molar-refractivity contribution in [2.24, 2.45) is 11.3 Å². The Morgan fingerprint density at radius 2 is 2.05 bits per heavy atom. The van der Waals surface area contributed by atoms with Gasteiger partial charge in [-0.3, -0.25) is 9.69 Å². The van der Waals surface area contributed by atoms with Crippen LogP contribution >= 0.6 is 0 Å². The largest absolute Gasteiger partial charge is 0.301 e. The molecule has 110 valence electrons.